The molecular weight excluding hydrogens is 302 g/mol. The molecule has 0 unspecified atom stereocenters. The first-order valence-corrected chi connectivity index (χ1v) is 7.53. The monoisotopic (exact) mass is 319 g/mol. The standard InChI is InChI=1S/C12H17N3O3S.ClH/c1-13-12(16)10-2-4-11(5-3-10)19(17,18)15-8-6-14-7-9-15;/h2-5,14H,6-9H2,1H3,(H,13,16);1H. The van der Waals surface area contributed by atoms with Crippen molar-refractivity contribution in [2.24, 2.45) is 0 Å². The summed E-state index contributed by atoms with van der Waals surface area (Å²) in [5, 5.41) is 5.61. The highest BCUT2D eigenvalue weighted by molar-refractivity contribution is 7.89. The lowest BCUT2D eigenvalue weighted by Crippen LogP contribution is -2.46. The van der Waals surface area contributed by atoms with Crippen molar-refractivity contribution in [1.29, 1.82) is 0 Å². The summed E-state index contributed by atoms with van der Waals surface area (Å²) in [6.45, 7) is 2.27. The minimum Gasteiger partial charge on any atom is -0.355 e. The summed E-state index contributed by atoms with van der Waals surface area (Å²) in [5.74, 6) is -0.230. The average molecular weight is 320 g/mol. The van der Waals surface area contributed by atoms with Crippen molar-refractivity contribution in [3.63, 3.8) is 0 Å². The van der Waals surface area contributed by atoms with Crippen molar-refractivity contribution in [2.45, 2.75) is 4.90 Å². The van der Waals surface area contributed by atoms with E-state index in [0.717, 1.165) is 0 Å². The molecule has 2 N–H and O–H groups in total. The summed E-state index contributed by atoms with van der Waals surface area (Å²) < 4.78 is 26.1. The molecule has 2 rings (SSSR count). The van der Waals surface area contributed by atoms with Crippen molar-refractivity contribution < 1.29 is 13.2 Å². The largest absolute Gasteiger partial charge is 0.355 e. The number of hydrogen-bond donors (Lipinski definition) is 2. The zero-order chi connectivity index (χ0) is 13.9. The Kier molecular flexibility index (Phi) is 5.94. The SMILES string of the molecule is CNC(=O)c1ccc(S(=O)(=O)N2CCNCC2)cc1.Cl. The van der Waals surface area contributed by atoms with Crippen LogP contribution in [0.3, 0.4) is 0 Å². The number of piperazine rings is 1. The third-order valence-corrected chi connectivity index (χ3v) is 4.97. The molecule has 0 spiro atoms. The van der Waals surface area contributed by atoms with Gasteiger partial charge < -0.3 is 10.6 Å². The molecule has 1 aromatic carbocycles. The summed E-state index contributed by atoms with van der Waals surface area (Å²) >= 11 is 0. The molecule has 1 fully saturated rings. The number of nitrogens with zero attached hydrogens (tertiary/aromatic N) is 1. The Labute approximate surface area is 125 Å². The number of rotatable bonds is 3. The molecule has 112 valence electrons. The molecule has 0 atom stereocenters. The first kappa shape index (κ1) is 16.9. The Hall–Kier alpha value is -1.15. The topological polar surface area (TPSA) is 78.5 Å². The molecule has 1 heterocycles. The molecule has 6 nitrogen and oxygen atoms in total. The first-order valence-electron chi connectivity index (χ1n) is 6.09. The summed E-state index contributed by atoms with van der Waals surface area (Å²) in [4.78, 5) is 11.6. The van der Waals surface area contributed by atoms with Crippen LogP contribution in [0.15, 0.2) is 29.2 Å². The third kappa shape index (κ3) is 3.49. The van der Waals surface area contributed by atoms with Gasteiger partial charge in [0, 0.05) is 38.8 Å². The van der Waals surface area contributed by atoms with E-state index in [2.05, 4.69) is 10.6 Å². The van der Waals surface area contributed by atoms with Gasteiger partial charge in [-0.15, -0.1) is 12.4 Å². The highest BCUT2D eigenvalue weighted by Gasteiger charge is 2.25. The lowest BCUT2D eigenvalue weighted by Gasteiger charge is -2.26. The van der Waals surface area contributed by atoms with Crippen LogP contribution in [0, 0.1) is 0 Å². The summed E-state index contributed by atoms with van der Waals surface area (Å²) in [7, 11) is -1.91. The van der Waals surface area contributed by atoms with Crippen LogP contribution in [0.1, 0.15) is 10.4 Å². The quantitative estimate of drug-likeness (QED) is 0.826. The van der Waals surface area contributed by atoms with Gasteiger partial charge in [-0.2, -0.15) is 4.31 Å². The maximum Gasteiger partial charge on any atom is 0.251 e. The van der Waals surface area contributed by atoms with Crippen molar-refractivity contribution in [1.82, 2.24) is 14.9 Å². The van der Waals surface area contributed by atoms with Crippen molar-refractivity contribution in [3.8, 4) is 0 Å². The molecule has 1 saturated heterocycles. The summed E-state index contributed by atoms with van der Waals surface area (Å²) in [6, 6.07) is 5.99. The van der Waals surface area contributed by atoms with Crippen molar-refractivity contribution in [2.75, 3.05) is 33.2 Å². The number of benzene rings is 1. The van der Waals surface area contributed by atoms with Gasteiger partial charge >= 0.3 is 0 Å². The number of carbonyl (C=O) groups excluding carboxylic acids is 1. The molecule has 20 heavy (non-hydrogen) atoms. The van der Waals surface area contributed by atoms with Crippen LogP contribution in [0.4, 0.5) is 0 Å². The molecule has 0 aliphatic carbocycles. The number of amides is 1. The molecule has 0 bridgehead atoms. The molecule has 1 aliphatic heterocycles. The summed E-state index contributed by atoms with van der Waals surface area (Å²) in [5.41, 5.74) is 0.446. The van der Waals surface area contributed by atoms with Crippen LogP contribution < -0.4 is 10.6 Å². The minimum absolute atomic E-state index is 0. The van der Waals surface area contributed by atoms with Gasteiger partial charge in [0.1, 0.15) is 0 Å². The molecule has 1 aromatic rings. The maximum absolute atomic E-state index is 12.3. The van der Waals surface area contributed by atoms with E-state index in [-0.39, 0.29) is 23.2 Å². The second-order valence-corrected chi connectivity index (χ2v) is 6.20. The molecular formula is C12H18ClN3O3S. The van der Waals surface area contributed by atoms with Crippen LogP contribution in [0.25, 0.3) is 0 Å². The fourth-order valence-corrected chi connectivity index (χ4v) is 3.40. The number of hydrogen-bond acceptors (Lipinski definition) is 4. The molecule has 0 saturated carbocycles. The number of carbonyl (C=O) groups is 1. The predicted octanol–water partition coefficient (Wildman–Crippen LogP) is 0.0619. The lowest BCUT2D eigenvalue weighted by molar-refractivity contribution is 0.0963. The minimum atomic E-state index is -3.45. The number of nitrogens with one attached hydrogen (secondary N) is 2. The zero-order valence-electron chi connectivity index (χ0n) is 11.1. The fraction of sp³-hybridized carbons (Fsp3) is 0.417. The maximum atomic E-state index is 12.3. The van der Waals surface area contributed by atoms with Crippen LogP contribution in [-0.4, -0.2) is 51.9 Å². The Morgan fingerprint density at radius 2 is 1.75 bits per heavy atom. The van der Waals surface area contributed by atoms with Gasteiger partial charge in [-0.25, -0.2) is 8.42 Å². The second-order valence-electron chi connectivity index (χ2n) is 4.26. The van der Waals surface area contributed by atoms with E-state index in [1.54, 1.807) is 0 Å². The van der Waals surface area contributed by atoms with Gasteiger partial charge in [0.2, 0.25) is 10.0 Å². The molecule has 0 radical (unpaired) electrons. The van der Waals surface area contributed by atoms with E-state index in [0.29, 0.717) is 31.7 Å². The van der Waals surface area contributed by atoms with E-state index in [1.165, 1.54) is 35.6 Å². The lowest BCUT2D eigenvalue weighted by atomic mass is 10.2. The number of sulfonamides is 1. The number of halogens is 1. The van der Waals surface area contributed by atoms with Gasteiger partial charge in [0.05, 0.1) is 4.90 Å². The smallest absolute Gasteiger partial charge is 0.251 e. The van der Waals surface area contributed by atoms with E-state index in [4.69, 9.17) is 0 Å². The predicted molar refractivity (Wildman–Crippen MR) is 78.7 cm³/mol. The van der Waals surface area contributed by atoms with E-state index >= 15 is 0 Å². The van der Waals surface area contributed by atoms with Gasteiger partial charge in [0.25, 0.3) is 5.91 Å². The highest BCUT2D eigenvalue weighted by Crippen LogP contribution is 2.16. The van der Waals surface area contributed by atoms with E-state index < -0.39 is 10.0 Å². The third-order valence-electron chi connectivity index (χ3n) is 3.06. The van der Waals surface area contributed by atoms with Gasteiger partial charge in [-0.1, -0.05) is 0 Å². The molecule has 0 aromatic heterocycles. The van der Waals surface area contributed by atoms with Gasteiger partial charge in [0.15, 0.2) is 0 Å². The van der Waals surface area contributed by atoms with Gasteiger partial charge in [-0.05, 0) is 24.3 Å². The molecule has 1 amide bonds. The Morgan fingerprint density at radius 3 is 2.25 bits per heavy atom. The van der Waals surface area contributed by atoms with Gasteiger partial charge in [-0.3, -0.25) is 4.79 Å². The average Bonchev–Trinajstić information content (AvgIpc) is 2.47. The van der Waals surface area contributed by atoms with Crippen molar-refractivity contribution >= 4 is 28.3 Å². The van der Waals surface area contributed by atoms with Crippen LogP contribution >= 0.6 is 12.4 Å². The van der Waals surface area contributed by atoms with Crippen molar-refractivity contribution in [3.05, 3.63) is 29.8 Å². The van der Waals surface area contributed by atoms with Crippen LogP contribution in [0.2, 0.25) is 0 Å². The normalized spacial score (nSPS) is 16.2. The highest BCUT2D eigenvalue weighted by atomic mass is 35.5. The molecule has 8 heteroatoms. The van der Waals surface area contributed by atoms with Crippen LogP contribution in [-0.2, 0) is 10.0 Å². The Bertz CT molecular complexity index is 554. The summed E-state index contributed by atoms with van der Waals surface area (Å²) in [6.07, 6.45) is 0. The van der Waals surface area contributed by atoms with E-state index in [1.807, 2.05) is 0 Å². The first-order chi connectivity index (χ1) is 9.05. The van der Waals surface area contributed by atoms with Crippen LogP contribution in [0.5, 0.6) is 0 Å². The van der Waals surface area contributed by atoms with E-state index in [9.17, 15) is 13.2 Å². The molecule has 1 aliphatic rings. The second kappa shape index (κ2) is 7.03. The fourth-order valence-electron chi connectivity index (χ4n) is 1.96. The Balaban J connectivity index is 0.00000200. The Morgan fingerprint density at radius 1 is 1.20 bits per heavy atom. The zero-order valence-corrected chi connectivity index (χ0v) is 12.8.